The SMILES string of the molecule is Nc1ccc2c(c1)N(Cc1cccc(F)c1F)CCS2. The molecule has 0 saturated heterocycles. The van der Waals surface area contributed by atoms with E-state index in [1.165, 1.54) is 6.07 Å². The molecule has 0 radical (unpaired) electrons. The molecular formula is C15H14F2N2S. The van der Waals surface area contributed by atoms with Crippen LogP contribution in [0.5, 0.6) is 0 Å². The average molecular weight is 292 g/mol. The number of anilines is 2. The van der Waals surface area contributed by atoms with Gasteiger partial charge in [-0.05, 0) is 24.3 Å². The van der Waals surface area contributed by atoms with Gasteiger partial charge in [-0.2, -0.15) is 0 Å². The zero-order valence-corrected chi connectivity index (χ0v) is 11.6. The summed E-state index contributed by atoms with van der Waals surface area (Å²) >= 11 is 1.75. The fourth-order valence-electron chi connectivity index (χ4n) is 2.33. The Bertz CT molecular complexity index is 646. The summed E-state index contributed by atoms with van der Waals surface area (Å²) in [5.41, 5.74) is 7.85. The van der Waals surface area contributed by atoms with Crippen molar-refractivity contribution < 1.29 is 8.78 Å². The number of hydrogen-bond acceptors (Lipinski definition) is 3. The second-order valence-electron chi connectivity index (χ2n) is 4.71. The summed E-state index contributed by atoms with van der Waals surface area (Å²) in [6, 6.07) is 10.0. The van der Waals surface area contributed by atoms with E-state index in [1.807, 2.05) is 23.1 Å². The third kappa shape index (κ3) is 2.45. The van der Waals surface area contributed by atoms with Gasteiger partial charge >= 0.3 is 0 Å². The topological polar surface area (TPSA) is 29.3 Å². The molecule has 0 amide bonds. The van der Waals surface area contributed by atoms with Crippen molar-refractivity contribution in [2.24, 2.45) is 0 Å². The number of nitrogens with two attached hydrogens (primary N) is 1. The van der Waals surface area contributed by atoms with Crippen molar-refractivity contribution in [3.8, 4) is 0 Å². The van der Waals surface area contributed by atoms with Crippen LogP contribution in [0.15, 0.2) is 41.3 Å². The number of fused-ring (bicyclic) bond motifs is 1. The Labute approximate surface area is 120 Å². The summed E-state index contributed by atoms with van der Waals surface area (Å²) in [4.78, 5) is 3.17. The Hall–Kier alpha value is -1.75. The molecule has 2 aromatic rings. The number of nitrogens with zero attached hydrogens (tertiary/aromatic N) is 1. The highest BCUT2D eigenvalue weighted by molar-refractivity contribution is 7.99. The van der Waals surface area contributed by atoms with Crippen LogP contribution in [0.3, 0.4) is 0 Å². The highest BCUT2D eigenvalue weighted by Crippen LogP contribution is 2.36. The van der Waals surface area contributed by atoms with Gasteiger partial charge in [-0.1, -0.05) is 12.1 Å². The molecule has 5 heteroatoms. The van der Waals surface area contributed by atoms with Crippen LogP contribution < -0.4 is 10.6 Å². The summed E-state index contributed by atoms with van der Waals surface area (Å²) in [7, 11) is 0. The van der Waals surface area contributed by atoms with Crippen LogP contribution in [0, 0.1) is 11.6 Å². The second kappa shape index (κ2) is 5.32. The van der Waals surface area contributed by atoms with Crippen LogP contribution in [0.4, 0.5) is 20.2 Å². The highest BCUT2D eigenvalue weighted by atomic mass is 32.2. The lowest BCUT2D eigenvalue weighted by Crippen LogP contribution is -2.29. The molecule has 1 heterocycles. The minimum absolute atomic E-state index is 0.348. The van der Waals surface area contributed by atoms with Crippen LogP contribution in [0.1, 0.15) is 5.56 Å². The van der Waals surface area contributed by atoms with Gasteiger partial charge < -0.3 is 10.6 Å². The maximum Gasteiger partial charge on any atom is 0.163 e. The maximum absolute atomic E-state index is 13.8. The molecule has 0 bridgehead atoms. The lowest BCUT2D eigenvalue weighted by molar-refractivity contribution is 0.497. The molecule has 0 saturated carbocycles. The quantitative estimate of drug-likeness (QED) is 0.857. The number of rotatable bonds is 2. The van der Waals surface area contributed by atoms with Gasteiger partial charge in [-0.3, -0.25) is 0 Å². The van der Waals surface area contributed by atoms with E-state index in [-0.39, 0.29) is 0 Å². The maximum atomic E-state index is 13.8. The van der Waals surface area contributed by atoms with Gasteiger partial charge in [0.05, 0.1) is 5.69 Å². The lowest BCUT2D eigenvalue weighted by Gasteiger charge is -2.31. The summed E-state index contributed by atoms with van der Waals surface area (Å²) in [6.45, 7) is 1.14. The molecule has 0 aliphatic carbocycles. The van der Waals surface area contributed by atoms with Crippen molar-refractivity contribution in [1.29, 1.82) is 0 Å². The first kappa shape index (κ1) is 13.2. The fourth-order valence-corrected chi connectivity index (χ4v) is 3.36. The van der Waals surface area contributed by atoms with Crippen molar-refractivity contribution >= 4 is 23.1 Å². The Morgan fingerprint density at radius 3 is 2.90 bits per heavy atom. The summed E-state index contributed by atoms with van der Waals surface area (Å²) < 4.78 is 27.1. The van der Waals surface area contributed by atoms with Crippen LogP contribution >= 0.6 is 11.8 Å². The number of hydrogen-bond donors (Lipinski definition) is 1. The van der Waals surface area contributed by atoms with Gasteiger partial charge in [-0.15, -0.1) is 11.8 Å². The lowest BCUT2D eigenvalue weighted by atomic mass is 10.1. The Morgan fingerprint density at radius 2 is 2.05 bits per heavy atom. The van der Waals surface area contributed by atoms with Gasteiger partial charge in [-0.25, -0.2) is 8.78 Å². The number of thioether (sulfide) groups is 1. The first-order valence-electron chi connectivity index (χ1n) is 6.35. The summed E-state index contributed by atoms with van der Waals surface area (Å²) in [5, 5.41) is 0. The molecule has 1 aliphatic rings. The standard InChI is InChI=1S/C15H14F2N2S/c16-12-3-1-2-10(15(12)17)9-19-6-7-20-14-5-4-11(18)8-13(14)19/h1-5,8H,6-7,9,18H2. The van der Waals surface area contributed by atoms with E-state index in [2.05, 4.69) is 0 Å². The molecule has 1 aliphatic heterocycles. The Kier molecular flexibility index (Phi) is 3.53. The minimum Gasteiger partial charge on any atom is -0.399 e. The van der Waals surface area contributed by atoms with Gasteiger partial charge in [0.2, 0.25) is 0 Å². The summed E-state index contributed by atoms with van der Waals surface area (Å²) in [6.07, 6.45) is 0. The number of halogens is 2. The van der Waals surface area contributed by atoms with E-state index in [0.717, 1.165) is 28.9 Å². The van der Waals surface area contributed by atoms with Crippen molar-refractivity contribution in [1.82, 2.24) is 0 Å². The van der Waals surface area contributed by atoms with Crippen molar-refractivity contribution in [3.05, 3.63) is 53.6 Å². The van der Waals surface area contributed by atoms with E-state index in [1.54, 1.807) is 17.8 Å². The number of nitrogen functional groups attached to an aromatic ring is 1. The van der Waals surface area contributed by atoms with Crippen LogP contribution in [-0.2, 0) is 6.54 Å². The first-order chi connectivity index (χ1) is 9.65. The highest BCUT2D eigenvalue weighted by Gasteiger charge is 2.19. The van der Waals surface area contributed by atoms with Crippen LogP contribution in [-0.4, -0.2) is 12.3 Å². The molecule has 20 heavy (non-hydrogen) atoms. The van der Waals surface area contributed by atoms with Gasteiger partial charge in [0.1, 0.15) is 0 Å². The molecule has 2 aromatic carbocycles. The predicted octanol–water partition coefficient (Wildman–Crippen LogP) is 3.66. The molecule has 2 N–H and O–H groups in total. The van der Waals surface area contributed by atoms with Gasteiger partial charge in [0.15, 0.2) is 11.6 Å². The summed E-state index contributed by atoms with van der Waals surface area (Å²) in [5.74, 6) is -0.647. The molecule has 0 aromatic heterocycles. The molecule has 0 unspecified atom stereocenters. The number of benzene rings is 2. The van der Waals surface area contributed by atoms with Gasteiger partial charge in [0.25, 0.3) is 0 Å². The smallest absolute Gasteiger partial charge is 0.163 e. The fraction of sp³-hybridized carbons (Fsp3) is 0.200. The second-order valence-corrected chi connectivity index (χ2v) is 5.85. The molecule has 0 fully saturated rings. The van der Waals surface area contributed by atoms with E-state index >= 15 is 0 Å². The van der Waals surface area contributed by atoms with Crippen LogP contribution in [0.2, 0.25) is 0 Å². The molecule has 0 atom stereocenters. The van der Waals surface area contributed by atoms with E-state index < -0.39 is 11.6 Å². The van der Waals surface area contributed by atoms with E-state index in [0.29, 0.717) is 17.8 Å². The van der Waals surface area contributed by atoms with E-state index in [4.69, 9.17) is 5.73 Å². The molecular weight excluding hydrogens is 278 g/mol. The third-order valence-electron chi connectivity index (χ3n) is 3.34. The van der Waals surface area contributed by atoms with Crippen molar-refractivity contribution in [3.63, 3.8) is 0 Å². The van der Waals surface area contributed by atoms with Crippen molar-refractivity contribution in [2.75, 3.05) is 22.9 Å². The van der Waals surface area contributed by atoms with Crippen LogP contribution in [0.25, 0.3) is 0 Å². The Morgan fingerprint density at radius 1 is 1.20 bits per heavy atom. The first-order valence-corrected chi connectivity index (χ1v) is 7.34. The molecule has 0 spiro atoms. The third-order valence-corrected chi connectivity index (χ3v) is 4.38. The Balaban J connectivity index is 1.93. The monoisotopic (exact) mass is 292 g/mol. The predicted molar refractivity (Wildman–Crippen MR) is 79.0 cm³/mol. The van der Waals surface area contributed by atoms with E-state index in [9.17, 15) is 8.78 Å². The average Bonchev–Trinajstić information content (AvgIpc) is 2.44. The molecule has 3 rings (SSSR count). The zero-order valence-electron chi connectivity index (χ0n) is 10.8. The zero-order chi connectivity index (χ0) is 14.1. The molecule has 2 nitrogen and oxygen atoms in total. The minimum atomic E-state index is -0.804. The van der Waals surface area contributed by atoms with Crippen molar-refractivity contribution in [2.45, 2.75) is 11.4 Å². The normalized spacial score (nSPS) is 14.2. The molecule has 104 valence electrons. The van der Waals surface area contributed by atoms with Gasteiger partial charge in [0, 0.05) is 35.0 Å². The largest absolute Gasteiger partial charge is 0.399 e.